The number of benzene rings is 1. The lowest BCUT2D eigenvalue weighted by Crippen LogP contribution is -2.56. The molecule has 0 unspecified atom stereocenters. The highest BCUT2D eigenvalue weighted by molar-refractivity contribution is 6.04. The third-order valence-corrected chi connectivity index (χ3v) is 3.83. The molecule has 2 rings (SSSR count). The van der Waals surface area contributed by atoms with Gasteiger partial charge in [-0.25, -0.2) is 4.79 Å². The van der Waals surface area contributed by atoms with Gasteiger partial charge in [-0.1, -0.05) is 12.1 Å². The minimum absolute atomic E-state index is 0.0633. The summed E-state index contributed by atoms with van der Waals surface area (Å²) in [5, 5.41) is 48.7. The van der Waals surface area contributed by atoms with Gasteiger partial charge in [0.1, 0.15) is 23.9 Å². The van der Waals surface area contributed by atoms with Crippen LogP contribution in [0.25, 0.3) is 11.0 Å². The molecule has 1 heterocycles. The Morgan fingerprint density at radius 1 is 1.21 bits per heavy atom. The van der Waals surface area contributed by atoms with Gasteiger partial charge in [0, 0.05) is 17.0 Å². The van der Waals surface area contributed by atoms with Crippen LogP contribution in [-0.2, 0) is 0 Å². The molecule has 0 spiro atoms. The molecule has 0 amide bonds. The molecular weight excluding hydrogens is 320 g/mol. The Kier molecular flexibility index (Phi) is 5.16. The zero-order valence-corrected chi connectivity index (χ0v) is 12.8. The first-order valence-corrected chi connectivity index (χ1v) is 7.14. The fourth-order valence-corrected chi connectivity index (χ4v) is 2.28. The van der Waals surface area contributed by atoms with Crippen molar-refractivity contribution in [2.75, 3.05) is 6.61 Å². The van der Waals surface area contributed by atoms with Gasteiger partial charge in [-0.2, -0.15) is 0 Å². The van der Waals surface area contributed by atoms with Crippen molar-refractivity contribution < 1.29 is 34.7 Å². The Labute approximate surface area is 136 Å². The number of carbonyl (C=O) groups excluding carboxylic acids is 1. The van der Waals surface area contributed by atoms with E-state index in [-0.39, 0.29) is 11.1 Å². The second kappa shape index (κ2) is 6.80. The van der Waals surface area contributed by atoms with E-state index in [1.165, 1.54) is 30.3 Å². The standard InChI is InChI=1S/C16H18O8/c1-16(23,15(22)13(20)10(18)7-17)14(21)9-3-2-8-4-5-12(19)24-11(8)6-9/h2-6,10,13,15,17-18,20,22-23H,7H2,1H3/t10-,13-,15+,16-/m1/s1. The van der Waals surface area contributed by atoms with Crippen molar-refractivity contribution >= 4 is 16.8 Å². The number of hydrogen-bond donors (Lipinski definition) is 5. The quantitative estimate of drug-likeness (QED) is 0.326. The van der Waals surface area contributed by atoms with Crippen LogP contribution in [0.15, 0.2) is 39.5 Å². The van der Waals surface area contributed by atoms with Crippen molar-refractivity contribution in [2.45, 2.75) is 30.8 Å². The molecule has 0 aliphatic rings. The van der Waals surface area contributed by atoms with Crippen LogP contribution in [0, 0.1) is 0 Å². The van der Waals surface area contributed by atoms with E-state index in [2.05, 4.69) is 0 Å². The molecule has 130 valence electrons. The van der Waals surface area contributed by atoms with E-state index < -0.39 is 41.9 Å². The molecule has 0 bridgehead atoms. The van der Waals surface area contributed by atoms with Crippen LogP contribution in [-0.4, -0.2) is 61.8 Å². The van der Waals surface area contributed by atoms with Gasteiger partial charge in [-0.05, 0) is 19.1 Å². The molecule has 1 aromatic heterocycles. The number of Topliss-reactive ketones (excluding diaryl/α,β-unsaturated/α-hetero) is 1. The SMILES string of the molecule is C[C@@](O)(C(=O)c1ccc2ccc(=O)oc2c1)[C@@H](O)[C@H](O)[C@H](O)CO. The van der Waals surface area contributed by atoms with Crippen molar-refractivity contribution in [3.05, 3.63) is 46.3 Å². The van der Waals surface area contributed by atoms with Crippen molar-refractivity contribution in [3.8, 4) is 0 Å². The average Bonchev–Trinajstić information content (AvgIpc) is 2.58. The summed E-state index contributed by atoms with van der Waals surface area (Å²) in [5.74, 6) is -0.951. The van der Waals surface area contributed by atoms with Crippen LogP contribution in [0.3, 0.4) is 0 Å². The van der Waals surface area contributed by atoms with E-state index >= 15 is 0 Å². The third-order valence-electron chi connectivity index (χ3n) is 3.83. The number of rotatable bonds is 6. The number of fused-ring (bicyclic) bond motifs is 1. The minimum atomic E-state index is -2.45. The third kappa shape index (κ3) is 3.37. The predicted molar refractivity (Wildman–Crippen MR) is 82.5 cm³/mol. The fourth-order valence-electron chi connectivity index (χ4n) is 2.28. The lowest BCUT2D eigenvalue weighted by atomic mass is 9.85. The smallest absolute Gasteiger partial charge is 0.336 e. The summed E-state index contributed by atoms with van der Waals surface area (Å²) >= 11 is 0. The van der Waals surface area contributed by atoms with Gasteiger partial charge in [-0.3, -0.25) is 4.79 Å². The van der Waals surface area contributed by atoms with E-state index in [4.69, 9.17) is 9.52 Å². The lowest BCUT2D eigenvalue weighted by Gasteiger charge is -2.32. The van der Waals surface area contributed by atoms with E-state index in [0.717, 1.165) is 6.92 Å². The van der Waals surface area contributed by atoms with Gasteiger partial charge in [0.05, 0.1) is 6.61 Å². The molecule has 0 aliphatic carbocycles. The topological polar surface area (TPSA) is 148 Å². The van der Waals surface area contributed by atoms with Crippen LogP contribution in [0.4, 0.5) is 0 Å². The van der Waals surface area contributed by atoms with Crippen LogP contribution in [0.1, 0.15) is 17.3 Å². The molecule has 0 saturated heterocycles. The molecule has 8 nitrogen and oxygen atoms in total. The molecule has 4 atom stereocenters. The second-order valence-corrected chi connectivity index (χ2v) is 5.67. The molecule has 8 heteroatoms. The van der Waals surface area contributed by atoms with E-state index in [1.807, 2.05) is 0 Å². The monoisotopic (exact) mass is 338 g/mol. The van der Waals surface area contributed by atoms with Crippen LogP contribution < -0.4 is 5.63 Å². The predicted octanol–water partition coefficient (Wildman–Crippen LogP) is -1.20. The Morgan fingerprint density at radius 3 is 2.46 bits per heavy atom. The highest BCUT2D eigenvalue weighted by atomic mass is 16.4. The largest absolute Gasteiger partial charge is 0.423 e. The zero-order chi connectivity index (χ0) is 18.1. The van der Waals surface area contributed by atoms with Crippen LogP contribution in [0.2, 0.25) is 0 Å². The Balaban J connectivity index is 2.37. The van der Waals surface area contributed by atoms with Gasteiger partial charge >= 0.3 is 5.63 Å². The Hall–Kier alpha value is -2.10. The number of hydrogen-bond acceptors (Lipinski definition) is 8. The summed E-state index contributed by atoms with van der Waals surface area (Å²) in [6.45, 7) is 0.113. The van der Waals surface area contributed by atoms with Gasteiger partial charge in [0.15, 0.2) is 11.4 Å². The summed E-state index contributed by atoms with van der Waals surface area (Å²) in [4.78, 5) is 23.7. The minimum Gasteiger partial charge on any atom is -0.423 e. The molecule has 0 radical (unpaired) electrons. The highest BCUT2D eigenvalue weighted by Crippen LogP contribution is 2.23. The normalized spacial score (nSPS) is 17.9. The van der Waals surface area contributed by atoms with E-state index in [9.17, 15) is 30.0 Å². The summed E-state index contributed by atoms with van der Waals surface area (Å²) < 4.78 is 4.95. The maximum Gasteiger partial charge on any atom is 0.336 e. The average molecular weight is 338 g/mol. The first kappa shape index (κ1) is 18.2. The summed E-state index contributed by atoms with van der Waals surface area (Å²) in [6, 6.07) is 6.81. The number of carbonyl (C=O) groups is 1. The van der Waals surface area contributed by atoms with Crippen LogP contribution >= 0.6 is 0 Å². The summed E-state index contributed by atoms with van der Waals surface area (Å²) in [6.07, 6.45) is -5.72. The van der Waals surface area contributed by atoms with Gasteiger partial charge in [0.25, 0.3) is 0 Å². The second-order valence-electron chi connectivity index (χ2n) is 5.67. The van der Waals surface area contributed by atoms with Crippen molar-refractivity contribution in [1.29, 1.82) is 0 Å². The zero-order valence-electron chi connectivity index (χ0n) is 12.8. The first-order valence-electron chi connectivity index (χ1n) is 7.14. The van der Waals surface area contributed by atoms with E-state index in [1.54, 1.807) is 0 Å². The van der Waals surface area contributed by atoms with Gasteiger partial charge < -0.3 is 29.9 Å². The Morgan fingerprint density at radius 2 is 1.83 bits per heavy atom. The van der Waals surface area contributed by atoms with Gasteiger partial charge in [0.2, 0.25) is 0 Å². The number of aliphatic hydroxyl groups is 5. The number of aliphatic hydroxyl groups excluding tert-OH is 4. The fraction of sp³-hybridized carbons (Fsp3) is 0.375. The van der Waals surface area contributed by atoms with E-state index in [0.29, 0.717) is 5.39 Å². The molecule has 1 aromatic carbocycles. The maximum absolute atomic E-state index is 12.5. The van der Waals surface area contributed by atoms with Crippen molar-refractivity contribution in [2.24, 2.45) is 0 Å². The van der Waals surface area contributed by atoms with Crippen molar-refractivity contribution in [3.63, 3.8) is 0 Å². The molecule has 0 aliphatic heterocycles. The molecule has 24 heavy (non-hydrogen) atoms. The lowest BCUT2D eigenvalue weighted by molar-refractivity contribution is -0.135. The summed E-state index contributed by atoms with van der Waals surface area (Å²) in [5.41, 5.74) is -3.00. The molecule has 2 aromatic rings. The number of ketones is 1. The molecule has 5 N–H and O–H groups in total. The van der Waals surface area contributed by atoms with Gasteiger partial charge in [-0.15, -0.1) is 0 Å². The summed E-state index contributed by atoms with van der Waals surface area (Å²) in [7, 11) is 0. The highest BCUT2D eigenvalue weighted by Gasteiger charge is 2.44. The van der Waals surface area contributed by atoms with Crippen LogP contribution in [0.5, 0.6) is 0 Å². The maximum atomic E-state index is 12.5. The first-order chi connectivity index (χ1) is 11.2. The molecule has 0 fully saturated rings. The van der Waals surface area contributed by atoms with Crippen molar-refractivity contribution in [1.82, 2.24) is 0 Å². The Bertz CT molecular complexity index is 794. The molecule has 0 saturated carbocycles. The molecular formula is C16H18O8.